The predicted octanol–water partition coefficient (Wildman–Crippen LogP) is 3.30. The highest BCUT2D eigenvalue weighted by Gasteiger charge is 2.31. The summed E-state index contributed by atoms with van der Waals surface area (Å²) in [7, 11) is -3.66. The summed E-state index contributed by atoms with van der Waals surface area (Å²) >= 11 is 0. The van der Waals surface area contributed by atoms with E-state index in [0.29, 0.717) is 18.7 Å². The number of benzene rings is 2. The molecule has 1 atom stereocenters. The van der Waals surface area contributed by atoms with E-state index in [0.717, 1.165) is 17.5 Å². The van der Waals surface area contributed by atoms with Gasteiger partial charge < -0.3 is 4.90 Å². The molecule has 0 bridgehead atoms. The molecule has 1 aliphatic heterocycles. The van der Waals surface area contributed by atoms with Gasteiger partial charge in [0.25, 0.3) is 10.0 Å². The van der Waals surface area contributed by atoms with Gasteiger partial charge in [-0.2, -0.15) is 0 Å². The smallest absolute Gasteiger partial charge is 0.263 e. The first-order valence-electron chi connectivity index (χ1n) is 10.8. The fourth-order valence-electron chi connectivity index (χ4n) is 3.77. The van der Waals surface area contributed by atoms with E-state index in [2.05, 4.69) is 33.8 Å². The molecule has 0 unspecified atom stereocenters. The number of pyridine rings is 1. The van der Waals surface area contributed by atoms with Crippen molar-refractivity contribution in [3.8, 4) is 0 Å². The molecule has 0 radical (unpaired) electrons. The number of fused-ring (bicyclic) bond motifs is 1. The van der Waals surface area contributed by atoms with Crippen LogP contribution in [0.3, 0.4) is 0 Å². The van der Waals surface area contributed by atoms with E-state index in [4.69, 9.17) is 0 Å². The molecule has 170 valence electrons. The minimum absolute atomic E-state index is 0.173. The van der Waals surface area contributed by atoms with Gasteiger partial charge >= 0.3 is 0 Å². The zero-order valence-corrected chi connectivity index (χ0v) is 19.4. The molecular weight excluding hydrogens is 436 g/mol. The van der Waals surface area contributed by atoms with Crippen molar-refractivity contribution in [2.75, 3.05) is 0 Å². The molecular formula is C25H26N4O3S. The molecule has 0 saturated carbocycles. The lowest BCUT2D eigenvalue weighted by Gasteiger charge is -2.25. The Kier molecular flexibility index (Phi) is 6.55. The van der Waals surface area contributed by atoms with Crippen LogP contribution < -0.4 is 4.72 Å². The fraction of sp³-hybridized carbons (Fsp3) is 0.240. The molecule has 1 aliphatic rings. The molecule has 1 amide bonds. The molecule has 0 spiro atoms. The predicted molar refractivity (Wildman–Crippen MR) is 127 cm³/mol. The van der Waals surface area contributed by atoms with Crippen molar-refractivity contribution >= 4 is 21.8 Å². The average Bonchev–Trinajstić information content (AvgIpc) is 3.09. The number of amidine groups is 1. The van der Waals surface area contributed by atoms with Gasteiger partial charge in [-0.25, -0.2) is 8.42 Å². The summed E-state index contributed by atoms with van der Waals surface area (Å²) in [5.74, 6) is -0.00502. The number of nitrogens with one attached hydrogen (secondary N) is 1. The maximum atomic E-state index is 13.5. The minimum Gasteiger partial charge on any atom is -0.332 e. The van der Waals surface area contributed by atoms with E-state index in [-0.39, 0.29) is 16.6 Å². The van der Waals surface area contributed by atoms with Gasteiger partial charge in [-0.1, -0.05) is 49.4 Å². The zero-order valence-electron chi connectivity index (χ0n) is 18.6. The third-order valence-corrected chi connectivity index (χ3v) is 6.95. The SMILES string of the molecule is CCc1ccc(CN(Cc2cccnc2)C(=O)[C@H](C)N=C2NS(=O)(=O)c3ccccc32)cc1. The van der Waals surface area contributed by atoms with Crippen LogP contribution in [0, 0.1) is 0 Å². The molecule has 0 fully saturated rings. The van der Waals surface area contributed by atoms with Gasteiger partial charge in [0.15, 0.2) is 0 Å². The van der Waals surface area contributed by atoms with E-state index in [1.807, 2.05) is 24.3 Å². The van der Waals surface area contributed by atoms with Crippen LogP contribution in [-0.4, -0.2) is 36.1 Å². The number of carbonyl (C=O) groups excluding carboxylic acids is 1. The summed E-state index contributed by atoms with van der Waals surface area (Å²) < 4.78 is 27.3. The second-order valence-electron chi connectivity index (χ2n) is 7.98. The highest BCUT2D eigenvalue weighted by Crippen LogP contribution is 2.23. The van der Waals surface area contributed by atoms with Crippen LogP contribution in [-0.2, 0) is 34.3 Å². The van der Waals surface area contributed by atoms with Gasteiger partial charge in [0.05, 0.1) is 4.90 Å². The molecule has 4 rings (SSSR count). The van der Waals surface area contributed by atoms with Crippen LogP contribution in [0.4, 0.5) is 0 Å². The van der Waals surface area contributed by atoms with Crippen molar-refractivity contribution in [1.29, 1.82) is 0 Å². The van der Waals surface area contributed by atoms with E-state index < -0.39 is 16.1 Å². The number of carbonyl (C=O) groups is 1. The molecule has 33 heavy (non-hydrogen) atoms. The van der Waals surface area contributed by atoms with Crippen molar-refractivity contribution < 1.29 is 13.2 Å². The van der Waals surface area contributed by atoms with Crippen LogP contribution >= 0.6 is 0 Å². The number of aromatic nitrogens is 1. The maximum absolute atomic E-state index is 13.5. The van der Waals surface area contributed by atoms with E-state index in [1.54, 1.807) is 42.4 Å². The second kappa shape index (κ2) is 9.54. The van der Waals surface area contributed by atoms with Crippen LogP contribution in [0.1, 0.15) is 36.1 Å². The third-order valence-electron chi connectivity index (χ3n) is 5.56. The van der Waals surface area contributed by atoms with Crippen LogP contribution in [0.2, 0.25) is 0 Å². The van der Waals surface area contributed by atoms with Gasteiger partial charge in [-0.15, -0.1) is 0 Å². The Morgan fingerprint density at radius 1 is 1.00 bits per heavy atom. The highest BCUT2D eigenvalue weighted by molar-refractivity contribution is 7.90. The second-order valence-corrected chi connectivity index (χ2v) is 9.63. The van der Waals surface area contributed by atoms with Crippen molar-refractivity contribution in [1.82, 2.24) is 14.6 Å². The molecule has 1 N–H and O–H groups in total. The number of aliphatic imine (C=N–C) groups is 1. The molecule has 7 nitrogen and oxygen atoms in total. The van der Waals surface area contributed by atoms with Crippen molar-refractivity contribution in [2.45, 2.75) is 44.3 Å². The van der Waals surface area contributed by atoms with Gasteiger partial charge in [-0.05, 0) is 48.2 Å². The van der Waals surface area contributed by atoms with E-state index in [9.17, 15) is 13.2 Å². The summed E-state index contributed by atoms with van der Waals surface area (Å²) in [6.07, 6.45) is 4.38. The molecule has 8 heteroatoms. The van der Waals surface area contributed by atoms with Crippen molar-refractivity contribution in [3.63, 3.8) is 0 Å². The molecule has 1 aromatic heterocycles. The monoisotopic (exact) mass is 462 g/mol. The van der Waals surface area contributed by atoms with Gasteiger partial charge in [-0.3, -0.25) is 19.5 Å². The largest absolute Gasteiger partial charge is 0.332 e. The van der Waals surface area contributed by atoms with Crippen molar-refractivity contribution in [3.05, 3.63) is 95.3 Å². The number of hydrogen-bond acceptors (Lipinski definition) is 5. The average molecular weight is 463 g/mol. The number of rotatable bonds is 7. The first-order chi connectivity index (χ1) is 15.9. The lowest BCUT2D eigenvalue weighted by Crippen LogP contribution is -2.37. The molecule has 0 aliphatic carbocycles. The Bertz CT molecular complexity index is 1270. The summed E-state index contributed by atoms with van der Waals surface area (Å²) in [5.41, 5.74) is 3.63. The van der Waals surface area contributed by atoms with Crippen molar-refractivity contribution in [2.24, 2.45) is 4.99 Å². The Labute approximate surface area is 194 Å². The Morgan fingerprint density at radius 2 is 1.70 bits per heavy atom. The number of amides is 1. The van der Waals surface area contributed by atoms with Crippen LogP contribution in [0.5, 0.6) is 0 Å². The topological polar surface area (TPSA) is 91.7 Å². The molecule has 3 aromatic rings. The molecule has 2 aromatic carbocycles. The fourth-order valence-corrected chi connectivity index (χ4v) is 5.01. The summed E-state index contributed by atoms with van der Waals surface area (Å²) in [5, 5.41) is 0. The molecule has 0 saturated heterocycles. The van der Waals surface area contributed by atoms with Gasteiger partial charge in [0.1, 0.15) is 11.9 Å². The highest BCUT2D eigenvalue weighted by atomic mass is 32.2. The number of hydrogen-bond donors (Lipinski definition) is 1. The first-order valence-corrected chi connectivity index (χ1v) is 12.3. The number of aryl methyl sites for hydroxylation is 1. The van der Waals surface area contributed by atoms with Crippen LogP contribution in [0.25, 0.3) is 0 Å². The zero-order chi connectivity index (χ0) is 23.4. The first kappa shape index (κ1) is 22.7. The Morgan fingerprint density at radius 3 is 2.39 bits per heavy atom. The van der Waals surface area contributed by atoms with E-state index >= 15 is 0 Å². The maximum Gasteiger partial charge on any atom is 0.263 e. The standard InChI is InChI=1S/C25H26N4O3S/c1-3-19-10-12-20(13-11-19)16-29(17-21-7-6-14-26-15-21)25(30)18(2)27-24-22-8-4-5-9-23(22)33(31,32)28-24/h4-15,18H,3,16-17H2,1-2H3,(H,27,28)/t18-/m0/s1. The summed E-state index contributed by atoms with van der Waals surface area (Å²) in [4.78, 5) is 24.0. The number of nitrogens with zero attached hydrogens (tertiary/aromatic N) is 3. The normalized spacial score (nSPS) is 16.1. The minimum atomic E-state index is -3.66. The van der Waals surface area contributed by atoms with Gasteiger partial charge in [0, 0.05) is 31.0 Å². The summed E-state index contributed by atoms with van der Waals surface area (Å²) in [6.45, 7) is 4.57. The van der Waals surface area contributed by atoms with Crippen LogP contribution in [0.15, 0.2) is 82.9 Å². The quantitative estimate of drug-likeness (QED) is 0.583. The Hall–Kier alpha value is -3.52. The molecule has 2 heterocycles. The van der Waals surface area contributed by atoms with E-state index in [1.165, 1.54) is 11.6 Å². The third kappa shape index (κ3) is 5.12. The number of sulfonamides is 1. The summed E-state index contributed by atoms with van der Waals surface area (Å²) in [6, 6.07) is 17.8. The Balaban J connectivity index is 1.60. The lowest BCUT2D eigenvalue weighted by molar-refractivity contribution is -0.133. The lowest BCUT2D eigenvalue weighted by atomic mass is 10.1. The van der Waals surface area contributed by atoms with Gasteiger partial charge in [0.2, 0.25) is 5.91 Å².